The van der Waals surface area contributed by atoms with Crippen molar-refractivity contribution in [2.24, 2.45) is 5.10 Å². The lowest BCUT2D eigenvalue weighted by Gasteiger charge is -2.01. The number of thioether (sulfide) groups is 1. The minimum atomic E-state index is -0.463. The quantitative estimate of drug-likeness (QED) is 0.345. The van der Waals surface area contributed by atoms with Gasteiger partial charge in [-0.15, -0.1) is 0 Å². The van der Waals surface area contributed by atoms with Gasteiger partial charge in [-0.1, -0.05) is 30.3 Å². The fourth-order valence-electron chi connectivity index (χ4n) is 1.89. The van der Waals surface area contributed by atoms with E-state index in [0.29, 0.717) is 11.3 Å². The van der Waals surface area contributed by atoms with Gasteiger partial charge in [0.15, 0.2) is 0 Å². The number of nitro benzene ring substituents is 1. The molecule has 24 heavy (non-hydrogen) atoms. The second kappa shape index (κ2) is 9.46. The molecule has 0 spiro atoms. The van der Waals surface area contributed by atoms with Crippen molar-refractivity contribution in [3.8, 4) is 0 Å². The molecule has 6 nitrogen and oxygen atoms in total. The molecule has 0 radical (unpaired) electrons. The second-order valence-electron chi connectivity index (χ2n) is 4.93. The third-order valence-corrected chi connectivity index (χ3v) is 4.08. The first-order valence-electron chi connectivity index (χ1n) is 7.33. The summed E-state index contributed by atoms with van der Waals surface area (Å²) in [5, 5.41) is 14.4. The van der Waals surface area contributed by atoms with Crippen LogP contribution >= 0.6 is 11.8 Å². The number of benzene rings is 2. The van der Waals surface area contributed by atoms with Gasteiger partial charge in [-0.2, -0.15) is 16.9 Å². The Kier molecular flexibility index (Phi) is 6.97. The van der Waals surface area contributed by atoms with E-state index in [1.807, 2.05) is 18.2 Å². The summed E-state index contributed by atoms with van der Waals surface area (Å²) in [6, 6.07) is 16.0. The summed E-state index contributed by atoms with van der Waals surface area (Å²) in [6.07, 6.45) is 2.38. The van der Waals surface area contributed by atoms with E-state index in [9.17, 15) is 14.9 Å². The molecular weight excluding hydrogens is 326 g/mol. The van der Waals surface area contributed by atoms with E-state index < -0.39 is 4.92 Å². The molecule has 0 aliphatic rings. The Morgan fingerprint density at radius 2 is 1.88 bits per heavy atom. The number of nitro groups is 1. The maximum atomic E-state index is 11.7. The van der Waals surface area contributed by atoms with Crippen molar-refractivity contribution in [3.05, 3.63) is 75.8 Å². The molecule has 0 saturated carbocycles. The number of nitrogens with one attached hydrogen (secondary N) is 1. The minimum absolute atomic E-state index is 0.0194. The first-order chi connectivity index (χ1) is 11.6. The molecule has 2 aromatic carbocycles. The van der Waals surface area contributed by atoms with Gasteiger partial charge >= 0.3 is 0 Å². The lowest BCUT2D eigenvalue weighted by atomic mass is 10.2. The number of hydrogen-bond acceptors (Lipinski definition) is 5. The lowest BCUT2D eigenvalue weighted by molar-refractivity contribution is -0.384. The van der Waals surface area contributed by atoms with Crippen LogP contribution in [-0.2, 0) is 11.2 Å². The van der Waals surface area contributed by atoms with Crippen molar-refractivity contribution >= 4 is 29.6 Å². The van der Waals surface area contributed by atoms with Gasteiger partial charge in [-0.3, -0.25) is 14.9 Å². The molecule has 0 bridgehead atoms. The van der Waals surface area contributed by atoms with E-state index in [-0.39, 0.29) is 11.6 Å². The molecule has 0 heterocycles. The third kappa shape index (κ3) is 6.21. The summed E-state index contributed by atoms with van der Waals surface area (Å²) in [7, 11) is 0. The SMILES string of the molecule is O=C(CSCCc1ccccc1)N/N=C\c1ccc([N+](=O)[O-])cc1. The van der Waals surface area contributed by atoms with E-state index in [4.69, 9.17) is 0 Å². The van der Waals surface area contributed by atoms with Crippen molar-refractivity contribution in [2.75, 3.05) is 11.5 Å². The zero-order valence-corrected chi connectivity index (χ0v) is 13.7. The summed E-state index contributed by atoms with van der Waals surface area (Å²) >= 11 is 1.55. The summed E-state index contributed by atoms with van der Waals surface area (Å²) < 4.78 is 0. The Labute approximate surface area is 144 Å². The monoisotopic (exact) mass is 343 g/mol. The number of carbonyl (C=O) groups excluding carboxylic acids is 1. The normalized spacial score (nSPS) is 10.7. The molecule has 1 amide bonds. The van der Waals surface area contributed by atoms with Crippen LogP contribution in [0.4, 0.5) is 5.69 Å². The zero-order valence-electron chi connectivity index (χ0n) is 12.9. The molecule has 124 valence electrons. The van der Waals surface area contributed by atoms with Crippen molar-refractivity contribution in [1.82, 2.24) is 5.43 Å². The molecular formula is C17H17N3O3S. The van der Waals surface area contributed by atoms with Crippen LogP contribution in [0.2, 0.25) is 0 Å². The van der Waals surface area contributed by atoms with Gasteiger partial charge in [0.1, 0.15) is 0 Å². The van der Waals surface area contributed by atoms with Crippen molar-refractivity contribution in [1.29, 1.82) is 0 Å². The largest absolute Gasteiger partial charge is 0.272 e. The van der Waals surface area contributed by atoms with Gasteiger partial charge in [-0.25, -0.2) is 5.43 Å². The van der Waals surface area contributed by atoms with Crippen LogP contribution in [0.5, 0.6) is 0 Å². The number of hydrazone groups is 1. The second-order valence-corrected chi connectivity index (χ2v) is 6.04. The summed E-state index contributed by atoms with van der Waals surface area (Å²) in [5.41, 5.74) is 4.39. The summed E-state index contributed by atoms with van der Waals surface area (Å²) in [5.74, 6) is 1.03. The average molecular weight is 343 g/mol. The number of amides is 1. The van der Waals surface area contributed by atoms with Gasteiger partial charge < -0.3 is 0 Å². The Morgan fingerprint density at radius 1 is 1.17 bits per heavy atom. The van der Waals surface area contributed by atoms with Crippen LogP contribution in [0.1, 0.15) is 11.1 Å². The highest BCUT2D eigenvalue weighted by Crippen LogP contribution is 2.10. The third-order valence-electron chi connectivity index (χ3n) is 3.12. The van der Waals surface area contributed by atoms with E-state index in [2.05, 4.69) is 22.7 Å². The highest BCUT2D eigenvalue weighted by atomic mass is 32.2. The number of non-ortho nitro benzene ring substituents is 1. The van der Waals surface area contributed by atoms with Crippen LogP contribution in [0, 0.1) is 10.1 Å². The van der Waals surface area contributed by atoms with Crippen molar-refractivity contribution in [2.45, 2.75) is 6.42 Å². The Morgan fingerprint density at radius 3 is 2.54 bits per heavy atom. The molecule has 0 unspecified atom stereocenters. The number of rotatable bonds is 8. The lowest BCUT2D eigenvalue weighted by Crippen LogP contribution is -2.20. The molecule has 0 aromatic heterocycles. The number of hydrogen-bond donors (Lipinski definition) is 1. The van der Waals surface area contributed by atoms with Crippen molar-refractivity contribution < 1.29 is 9.72 Å². The molecule has 0 aliphatic heterocycles. The predicted octanol–water partition coefficient (Wildman–Crippen LogP) is 3.02. The van der Waals surface area contributed by atoms with Crippen LogP contribution in [0.25, 0.3) is 0 Å². The van der Waals surface area contributed by atoms with Gasteiger partial charge in [0, 0.05) is 12.1 Å². The highest BCUT2D eigenvalue weighted by molar-refractivity contribution is 7.99. The van der Waals surface area contributed by atoms with Crippen molar-refractivity contribution in [3.63, 3.8) is 0 Å². The fraction of sp³-hybridized carbons (Fsp3) is 0.176. The van der Waals surface area contributed by atoms with E-state index in [0.717, 1.165) is 12.2 Å². The fourth-order valence-corrected chi connectivity index (χ4v) is 2.67. The molecule has 1 N–H and O–H groups in total. The number of nitrogens with zero attached hydrogens (tertiary/aromatic N) is 2. The molecule has 0 atom stereocenters. The Hall–Kier alpha value is -2.67. The molecule has 0 saturated heterocycles. The van der Waals surface area contributed by atoms with Crippen LogP contribution in [0.3, 0.4) is 0 Å². The highest BCUT2D eigenvalue weighted by Gasteiger charge is 2.03. The van der Waals surface area contributed by atoms with Gasteiger partial charge in [0.25, 0.3) is 5.69 Å². The number of carbonyl (C=O) groups is 1. The maximum absolute atomic E-state index is 11.7. The van der Waals surface area contributed by atoms with Gasteiger partial charge in [0.05, 0.1) is 16.9 Å². The Bertz CT molecular complexity index is 703. The number of aryl methyl sites for hydroxylation is 1. The van der Waals surface area contributed by atoms with E-state index >= 15 is 0 Å². The van der Waals surface area contributed by atoms with Crippen LogP contribution in [-0.4, -0.2) is 28.6 Å². The molecule has 2 rings (SSSR count). The van der Waals surface area contributed by atoms with E-state index in [1.54, 1.807) is 23.9 Å². The molecule has 0 aliphatic carbocycles. The molecule has 0 fully saturated rings. The van der Waals surface area contributed by atoms with Crippen LogP contribution in [0.15, 0.2) is 59.7 Å². The average Bonchev–Trinajstić information content (AvgIpc) is 2.60. The van der Waals surface area contributed by atoms with E-state index in [1.165, 1.54) is 23.9 Å². The Balaban J connectivity index is 1.66. The summed E-state index contributed by atoms with van der Waals surface area (Å²) in [6.45, 7) is 0. The maximum Gasteiger partial charge on any atom is 0.269 e. The minimum Gasteiger partial charge on any atom is -0.272 e. The van der Waals surface area contributed by atoms with Gasteiger partial charge in [0.2, 0.25) is 5.91 Å². The first-order valence-corrected chi connectivity index (χ1v) is 8.48. The zero-order chi connectivity index (χ0) is 17.2. The standard InChI is InChI=1S/C17H17N3O3S/c21-17(13-24-11-10-14-4-2-1-3-5-14)19-18-12-15-6-8-16(9-7-15)20(22)23/h1-9,12H,10-11,13H2,(H,19,21)/b18-12-. The molecule has 2 aromatic rings. The predicted molar refractivity (Wildman–Crippen MR) is 96.3 cm³/mol. The van der Waals surface area contributed by atoms with Gasteiger partial charge in [-0.05, 0) is 35.4 Å². The molecule has 7 heteroatoms. The topological polar surface area (TPSA) is 84.6 Å². The van der Waals surface area contributed by atoms with Crippen LogP contribution < -0.4 is 5.43 Å². The summed E-state index contributed by atoms with van der Waals surface area (Å²) in [4.78, 5) is 21.7. The first kappa shape index (κ1) is 17.7. The smallest absolute Gasteiger partial charge is 0.269 e.